The van der Waals surface area contributed by atoms with Crippen molar-refractivity contribution in [2.24, 2.45) is 5.92 Å². The maximum Gasteiger partial charge on any atom is 0.0666 e. The van der Waals surface area contributed by atoms with Crippen LogP contribution >= 0.6 is 0 Å². The fourth-order valence-electron chi connectivity index (χ4n) is 2.55. The van der Waals surface area contributed by atoms with Gasteiger partial charge in [-0.25, -0.2) is 0 Å². The molecule has 1 aliphatic rings. The highest BCUT2D eigenvalue weighted by Crippen LogP contribution is 2.18. The molecule has 3 rings (SSSR count). The summed E-state index contributed by atoms with van der Waals surface area (Å²) < 4.78 is 2.33. The lowest BCUT2D eigenvalue weighted by Crippen LogP contribution is -2.32. The summed E-state index contributed by atoms with van der Waals surface area (Å²) in [5.74, 6) is 0.768. The third kappa shape index (κ3) is 1.83. The Labute approximate surface area is 95.5 Å². The van der Waals surface area contributed by atoms with Crippen molar-refractivity contribution in [3.8, 4) is 0 Å². The highest BCUT2D eigenvalue weighted by molar-refractivity contribution is 5.78. The molecule has 3 heterocycles. The summed E-state index contributed by atoms with van der Waals surface area (Å²) in [4.78, 5) is 4.20. The van der Waals surface area contributed by atoms with E-state index in [4.69, 9.17) is 0 Å². The predicted octanol–water partition coefficient (Wildman–Crippen LogP) is 2.04. The van der Waals surface area contributed by atoms with Gasteiger partial charge >= 0.3 is 0 Å². The van der Waals surface area contributed by atoms with Gasteiger partial charge in [0.2, 0.25) is 0 Å². The quantitative estimate of drug-likeness (QED) is 0.830. The molecule has 2 aromatic heterocycles. The Morgan fingerprint density at radius 1 is 1.44 bits per heavy atom. The average Bonchev–Trinajstić information content (AvgIpc) is 2.74. The van der Waals surface area contributed by atoms with Gasteiger partial charge in [0.15, 0.2) is 0 Å². The minimum absolute atomic E-state index is 0.768. The van der Waals surface area contributed by atoms with Crippen molar-refractivity contribution in [1.29, 1.82) is 0 Å². The summed E-state index contributed by atoms with van der Waals surface area (Å²) in [5, 5.41) is 4.76. The number of hydrogen-bond donors (Lipinski definition) is 1. The van der Waals surface area contributed by atoms with E-state index >= 15 is 0 Å². The van der Waals surface area contributed by atoms with E-state index in [1.54, 1.807) is 0 Å². The molecule has 1 saturated heterocycles. The topological polar surface area (TPSA) is 29.9 Å². The number of nitrogens with zero attached hydrogens (tertiary/aromatic N) is 2. The first kappa shape index (κ1) is 9.85. The molecule has 0 aromatic carbocycles. The van der Waals surface area contributed by atoms with Gasteiger partial charge in [0.25, 0.3) is 0 Å². The number of hydrogen-bond acceptors (Lipinski definition) is 2. The van der Waals surface area contributed by atoms with E-state index in [2.05, 4.69) is 33.2 Å². The minimum Gasteiger partial charge on any atom is -0.346 e. The van der Waals surface area contributed by atoms with Crippen LogP contribution in [0.25, 0.3) is 10.9 Å². The zero-order valence-electron chi connectivity index (χ0n) is 9.39. The Balaban J connectivity index is 1.83. The van der Waals surface area contributed by atoms with E-state index in [9.17, 15) is 0 Å². The van der Waals surface area contributed by atoms with Gasteiger partial charge in [0.1, 0.15) is 0 Å². The van der Waals surface area contributed by atoms with Crippen molar-refractivity contribution in [2.45, 2.75) is 19.4 Å². The van der Waals surface area contributed by atoms with Crippen LogP contribution in [0.1, 0.15) is 12.8 Å². The fraction of sp³-hybridized carbons (Fsp3) is 0.462. The van der Waals surface area contributed by atoms with Crippen LogP contribution in [-0.4, -0.2) is 22.6 Å². The standard InChI is InChI=1S/C13H17N3/c1-2-11(8-14-5-1)10-16-7-4-12-3-6-15-9-13(12)16/h3-4,6-7,9,11,14H,1-2,5,8,10H2. The van der Waals surface area contributed by atoms with Crippen LogP contribution in [0.4, 0.5) is 0 Å². The molecule has 0 saturated carbocycles. The molecule has 1 atom stereocenters. The zero-order chi connectivity index (χ0) is 10.8. The molecule has 3 heteroatoms. The Hall–Kier alpha value is -1.35. The maximum atomic E-state index is 4.20. The highest BCUT2D eigenvalue weighted by atomic mass is 15.0. The fourth-order valence-corrected chi connectivity index (χ4v) is 2.55. The van der Waals surface area contributed by atoms with Gasteiger partial charge in [0, 0.05) is 24.3 Å². The molecule has 0 spiro atoms. The third-order valence-electron chi connectivity index (χ3n) is 3.43. The van der Waals surface area contributed by atoms with Crippen molar-refractivity contribution in [3.05, 3.63) is 30.7 Å². The largest absolute Gasteiger partial charge is 0.346 e. The highest BCUT2D eigenvalue weighted by Gasteiger charge is 2.14. The number of aromatic nitrogens is 2. The Morgan fingerprint density at radius 2 is 2.44 bits per heavy atom. The molecule has 0 radical (unpaired) electrons. The summed E-state index contributed by atoms with van der Waals surface area (Å²) in [5.41, 5.74) is 1.26. The van der Waals surface area contributed by atoms with Crippen molar-refractivity contribution >= 4 is 10.9 Å². The lowest BCUT2D eigenvalue weighted by molar-refractivity contribution is 0.341. The molecule has 84 valence electrons. The predicted molar refractivity (Wildman–Crippen MR) is 65.3 cm³/mol. The van der Waals surface area contributed by atoms with Gasteiger partial charge in [-0.15, -0.1) is 0 Å². The Morgan fingerprint density at radius 3 is 3.31 bits per heavy atom. The SMILES string of the molecule is c1cc2ccn(CC3CCCNC3)c2cn1. The maximum absolute atomic E-state index is 4.20. The molecule has 0 bridgehead atoms. The Kier molecular flexibility index (Phi) is 2.62. The second-order valence-corrected chi connectivity index (χ2v) is 4.61. The van der Waals surface area contributed by atoms with Gasteiger partial charge in [-0.3, -0.25) is 4.98 Å². The van der Waals surface area contributed by atoms with Gasteiger partial charge in [-0.05, 0) is 44.0 Å². The van der Waals surface area contributed by atoms with Gasteiger partial charge in [-0.1, -0.05) is 0 Å². The minimum atomic E-state index is 0.768. The summed E-state index contributed by atoms with van der Waals surface area (Å²) in [7, 11) is 0. The second-order valence-electron chi connectivity index (χ2n) is 4.61. The molecule has 0 amide bonds. The third-order valence-corrected chi connectivity index (χ3v) is 3.43. The van der Waals surface area contributed by atoms with Crippen molar-refractivity contribution in [2.75, 3.05) is 13.1 Å². The molecule has 1 N–H and O–H groups in total. The molecule has 2 aromatic rings. The lowest BCUT2D eigenvalue weighted by Gasteiger charge is -2.23. The average molecular weight is 215 g/mol. The van der Waals surface area contributed by atoms with E-state index in [1.807, 2.05) is 12.4 Å². The number of nitrogens with one attached hydrogen (secondary N) is 1. The number of fused-ring (bicyclic) bond motifs is 1. The van der Waals surface area contributed by atoms with Crippen molar-refractivity contribution in [3.63, 3.8) is 0 Å². The van der Waals surface area contributed by atoms with E-state index < -0.39 is 0 Å². The van der Waals surface area contributed by atoms with E-state index in [1.165, 1.54) is 30.3 Å². The molecule has 1 unspecified atom stereocenters. The van der Waals surface area contributed by atoms with Gasteiger partial charge in [-0.2, -0.15) is 0 Å². The van der Waals surface area contributed by atoms with Crippen LogP contribution in [0, 0.1) is 5.92 Å². The smallest absolute Gasteiger partial charge is 0.0666 e. The van der Waals surface area contributed by atoms with Crippen molar-refractivity contribution in [1.82, 2.24) is 14.9 Å². The normalized spacial score (nSPS) is 21.4. The second kappa shape index (κ2) is 4.26. The molecular weight excluding hydrogens is 198 g/mol. The van der Waals surface area contributed by atoms with Crippen molar-refractivity contribution < 1.29 is 0 Å². The monoisotopic (exact) mass is 215 g/mol. The summed E-state index contributed by atoms with van der Waals surface area (Å²) >= 11 is 0. The Bertz CT molecular complexity index is 469. The van der Waals surface area contributed by atoms with Gasteiger partial charge in [0.05, 0.1) is 11.7 Å². The van der Waals surface area contributed by atoms with Crippen LogP contribution in [-0.2, 0) is 6.54 Å². The van der Waals surface area contributed by atoms with E-state index in [0.29, 0.717) is 0 Å². The summed E-state index contributed by atoms with van der Waals surface area (Å²) in [6.07, 6.45) is 8.65. The first-order chi connectivity index (χ1) is 7.93. The molecule has 16 heavy (non-hydrogen) atoms. The zero-order valence-corrected chi connectivity index (χ0v) is 9.39. The van der Waals surface area contributed by atoms with Crippen LogP contribution in [0.2, 0.25) is 0 Å². The van der Waals surface area contributed by atoms with Crippen LogP contribution in [0.15, 0.2) is 30.7 Å². The molecule has 0 aliphatic carbocycles. The molecule has 1 aliphatic heterocycles. The van der Waals surface area contributed by atoms with E-state index in [-0.39, 0.29) is 0 Å². The van der Waals surface area contributed by atoms with E-state index in [0.717, 1.165) is 19.0 Å². The number of rotatable bonds is 2. The molecular formula is C13H17N3. The summed E-state index contributed by atoms with van der Waals surface area (Å²) in [6.45, 7) is 3.45. The van der Waals surface area contributed by atoms with Crippen LogP contribution in [0.3, 0.4) is 0 Å². The molecule has 1 fully saturated rings. The number of piperidine rings is 1. The van der Waals surface area contributed by atoms with Gasteiger partial charge < -0.3 is 9.88 Å². The molecule has 3 nitrogen and oxygen atoms in total. The summed E-state index contributed by atoms with van der Waals surface area (Å²) in [6, 6.07) is 4.25. The van der Waals surface area contributed by atoms with Crippen LogP contribution in [0.5, 0.6) is 0 Å². The first-order valence-corrected chi connectivity index (χ1v) is 6.03. The lowest BCUT2D eigenvalue weighted by atomic mass is 10.00. The first-order valence-electron chi connectivity index (χ1n) is 6.03. The number of pyridine rings is 1. The van der Waals surface area contributed by atoms with Crippen LogP contribution < -0.4 is 5.32 Å².